The standard InChI is InChI=1S/C22H22F3N5O.2C18H26N6O/c23-22(24,25)16-3-1-15(2-4-16)11-18(31)29-9-10-30(13-21(12-29)6-7-21)20-17-5-8-26-19(17)27-14-28-20;1-2-3-5-14(25)21-17-22-15-13(6-10-19-15)16(23-17)24-11-4-9-20-18(12-24)7-8-18;1-2-3-4-14(25)21-17-22-15-13(5-8-20-15)16(23-17)24-10-9-19-11-18(12-24)6-7-18/h1-5,8,14H,6-7,9-13H2,(H,26,27,28);6,10,20H,2-5,7-9,11-12H2,1H3,(H2,19,21,22,23,25);5,8,19H,2-4,6-7,9-12H2,1H3,(H2,20,21,22,23,25). The Morgan fingerprint density at radius 1 is 0.605 bits per heavy atom. The van der Waals surface area contributed by atoms with E-state index in [4.69, 9.17) is 9.97 Å². The van der Waals surface area contributed by atoms with Crippen molar-refractivity contribution in [1.29, 1.82) is 0 Å². The maximum absolute atomic E-state index is 13.0. The first-order chi connectivity index (χ1) is 39.2. The normalized spacial score (nSPS) is 18.9. The third-order valence-corrected chi connectivity index (χ3v) is 16.7. The van der Waals surface area contributed by atoms with Crippen molar-refractivity contribution in [3.63, 3.8) is 0 Å². The Kier molecular flexibility index (Phi) is 16.2. The maximum Gasteiger partial charge on any atom is 0.416 e. The number of anilines is 5. The summed E-state index contributed by atoms with van der Waals surface area (Å²) < 4.78 is 38.3. The molecule has 3 spiro atoms. The zero-order valence-corrected chi connectivity index (χ0v) is 46.4. The van der Waals surface area contributed by atoms with Crippen molar-refractivity contribution >= 4 is 80.2 Å². The van der Waals surface area contributed by atoms with Gasteiger partial charge in [-0.3, -0.25) is 25.0 Å². The van der Waals surface area contributed by atoms with E-state index >= 15 is 0 Å². The van der Waals surface area contributed by atoms with Crippen LogP contribution in [0.2, 0.25) is 0 Å². The van der Waals surface area contributed by atoms with E-state index in [9.17, 15) is 27.6 Å². The van der Waals surface area contributed by atoms with Crippen molar-refractivity contribution in [3.8, 4) is 0 Å². The Labute approximate surface area is 468 Å². The van der Waals surface area contributed by atoms with Crippen LogP contribution in [-0.4, -0.2) is 145 Å². The molecule has 430 valence electrons. The molecule has 6 fully saturated rings. The van der Waals surface area contributed by atoms with E-state index in [1.807, 2.05) is 41.7 Å². The number of benzene rings is 1. The molecule has 3 saturated heterocycles. The van der Waals surface area contributed by atoms with E-state index in [2.05, 4.69) is 84.7 Å². The van der Waals surface area contributed by atoms with Crippen LogP contribution in [0.3, 0.4) is 0 Å². The molecule has 20 nitrogen and oxygen atoms in total. The van der Waals surface area contributed by atoms with Crippen LogP contribution in [0, 0.1) is 10.8 Å². The van der Waals surface area contributed by atoms with Crippen LogP contribution in [0.4, 0.5) is 42.5 Å². The number of fused-ring (bicyclic) bond motifs is 3. The van der Waals surface area contributed by atoms with E-state index in [0.29, 0.717) is 55.4 Å². The van der Waals surface area contributed by atoms with Crippen LogP contribution >= 0.6 is 0 Å². The molecule has 3 saturated carbocycles. The van der Waals surface area contributed by atoms with Crippen molar-refractivity contribution in [1.82, 2.24) is 60.4 Å². The highest BCUT2D eigenvalue weighted by atomic mass is 19.4. The van der Waals surface area contributed by atoms with Crippen LogP contribution in [-0.2, 0) is 27.0 Å². The minimum atomic E-state index is -4.37. The molecule has 0 bridgehead atoms. The number of alkyl halides is 3. The Hall–Kier alpha value is -7.40. The molecule has 7 aromatic rings. The maximum atomic E-state index is 13.0. The number of carbonyl (C=O) groups excluding carboxylic acids is 3. The van der Waals surface area contributed by atoms with Gasteiger partial charge in [0.1, 0.15) is 40.7 Å². The Morgan fingerprint density at radius 2 is 1.17 bits per heavy atom. The molecular weight excluding hydrogens is 1040 g/mol. The third-order valence-electron chi connectivity index (χ3n) is 16.7. The smallest absolute Gasteiger partial charge is 0.354 e. The van der Waals surface area contributed by atoms with Gasteiger partial charge in [0.25, 0.3) is 0 Å². The van der Waals surface area contributed by atoms with Gasteiger partial charge in [-0.15, -0.1) is 0 Å². The van der Waals surface area contributed by atoms with Crippen LogP contribution in [0.5, 0.6) is 0 Å². The summed E-state index contributed by atoms with van der Waals surface area (Å²) >= 11 is 0. The van der Waals surface area contributed by atoms with Gasteiger partial charge < -0.3 is 45.2 Å². The lowest BCUT2D eigenvalue weighted by Crippen LogP contribution is -2.40. The second kappa shape index (κ2) is 23.6. The molecule has 0 radical (unpaired) electrons. The highest BCUT2D eigenvalue weighted by molar-refractivity contribution is 5.94. The Bertz CT molecular complexity index is 3200. The SMILES string of the molecule is CCCCC(=O)Nc1nc(N2CCCNC3(CC3)C2)c2cc[nH]c2n1.CCCCC(=O)Nc1nc(N2CCNCC3(CC3)C2)c2cc[nH]c2n1.O=C(Cc1ccc(C(F)(F)F)cc1)N1CCN(c2ncnc3[nH]ccc23)CC2(CC2)C1. The van der Waals surface area contributed by atoms with Crippen molar-refractivity contribution < 1.29 is 27.6 Å². The van der Waals surface area contributed by atoms with Crippen LogP contribution in [0.25, 0.3) is 33.1 Å². The topological polar surface area (TPSA) is 237 Å². The average Bonchev–Trinajstić information content (AvgIpc) is 4.55. The summed E-state index contributed by atoms with van der Waals surface area (Å²) in [6.07, 6.45) is 15.9. The number of halogens is 3. The van der Waals surface area contributed by atoms with Gasteiger partial charge in [-0.1, -0.05) is 38.8 Å². The predicted molar refractivity (Wildman–Crippen MR) is 307 cm³/mol. The number of aromatic nitrogens is 9. The van der Waals surface area contributed by atoms with Crippen molar-refractivity contribution in [2.75, 3.05) is 97.3 Å². The average molecular weight is 1110 g/mol. The first-order valence-electron chi connectivity index (χ1n) is 28.9. The van der Waals surface area contributed by atoms with Gasteiger partial charge in [0, 0.05) is 113 Å². The summed E-state index contributed by atoms with van der Waals surface area (Å²) in [6, 6.07) is 10.8. The van der Waals surface area contributed by atoms with Gasteiger partial charge >= 0.3 is 6.18 Å². The van der Waals surface area contributed by atoms with Gasteiger partial charge in [0.05, 0.1) is 28.1 Å². The van der Waals surface area contributed by atoms with Crippen LogP contribution in [0.15, 0.2) is 67.4 Å². The summed E-state index contributed by atoms with van der Waals surface area (Å²) in [6.45, 7) is 13.8. The van der Waals surface area contributed by atoms with Crippen LogP contribution in [0.1, 0.15) is 108 Å². The number of nitrogens with one attached hydrogen (secondary N) is 7. The lowest BCUT2D eigenvalue weighted by molar-refractivity contribution is -0.137. The minimum Gasteiger partial charge on any atom is -0.354 e. The Morgan fingerprint density at radius 3 is 1.75 bits per heavy atom. The predicted octanol–water partition coefficient (Wildman–Crippen LogP) is 8.34. The van der Waals surface area contributed by atoms with E-state index in [1.54, 1.807) is 6.33 Å². The fraction of sp³-hybridized carbons (Fsp3) is 0.534. The molecule has 6 aliphatic rings. The number of hydrogen-bond donors (Lipinski definition) is 7. The molecule has 0 unspecified atom stereocenters. The number of H-pyrrole nitrogens is 3. The van der Waals surface area contributed by atoms with Crippen molar-refractivity contribution in [3.05, 3.63) is 78.5 Å². The molecule has 81 heavy (non-hydrogen) atoms. The summed E-state index contributed by atoms with van der Waals surface area (Å²) in [5.74, 6) is 3.42. The number of hydrogen-bond acceptors (Lipinski definition) is 14. The lowest BCUT2D eigenvalue weighted by Gasteiger charge is -2.26. The lowest BCUT2D eigenvalue weighted by atomic mass is 10.1. The van der Waals surface area contributed by atoms with Gasteiger partial charge in [-0.25, -0.2) is 9.97 Å². The molecule has 6 aromatic heterocycles. The van der Waals surface area contributed by atoms with Gasteiger partial charge in [-0.05, 0) is 100 Å². The molecule has 13 rings (SSSR count). The molecular formula is C58H74F3N17O3. The fourth-order valence-corrected chi connectivity index (χ4v) is 11.4. The third kappa shape index (κ3) is 13.4. The summed E-state index contributed by atoms with van der Waals surface area (Å²) in [7, 11) is 0. The number of amides is 3. The molecule has 0 atom stereocenters. The number of aromatic amines is 3. The molecule has 7 N–H and O–H groups in total. The molecule has 1 aromatic carbocycles. The van der Waals surface area contributed by atoms with Crippen LogP contribution < -0.4 is 36.0 Å². The number of unbranched alkanes of at least 4 members (excludes halogenated alkanes) is 2. The minimum absolute atomic E-state index is 0.0186. The Balaban J connectivity index is 0.000000129. The molecule has 9 heterocycles. The van der Waals surface area contributed by atoms with Crippen molar-refractivity contribution in [2.24, 2.45) is 10.8 Å². The van der Waals surface area contributed by atoms with Gasteiger partial charge in [-0.2, -0.15) is 33.1 Å². The van der Waals surface area contributed by atoms with E-state index in [-0.39, 0.29) is 35.1 Å². The second-order valence-electron chi connectivity index (χ2n) is 23.2. The largest absolute Gasteiger partial charge is 0.416 e. The van der Waals surface area contributed by atoms with Gasteiger partial charge in [0.2, 0.25) is 29.6 Å². The second-order valence-corrected chi connectivity index (χ2v) is 23.2. The fourth-order valence-electron chi connectivity index (χ4n) is 11.4. The van der Waals surface area contributed by atoms with Gasteiger partial charge in [0.15, 0.2) is 0 Å². The molecule has 3 aliphatic carbocycles. The highest BCUT2D eigenvalue weighted by Gasteiger charge is 2.49. The number of carbonyl (C=O) groups is 3. The van der Waals surface area contributed by atoms with E-state index in [0.717, 1.165) is 160 Å². The zero-order chi connectivity index (χ0) is 56.2. The van der Waals surface area contributed by atoms with E-state index < -0.39 is 11.7 Å². The summed E-state index contributed by atoms with van der Waals surface area (Å²) in [5, 5.41) is 16.0. The first-order valence-corrected chi connectivity index (χ1v) is 28.9. The summed E-state index contributed by atoms with van der Waals surface area (Å²) in [4.78, 5) is 82.5. The summed E-state index contributed by atoms with van der Waals surface area (Å²) in [5.41, 5.74) is 2.94. The zero-order valence-electron chi connectivity index (χ0n) is 46.4. The highest BCUT2D eigenvalue weighted by Crippen LogP contribution is 2.49. The number of nitrogens with zero attached hydrogens (tertiary/aromatic N) is 10. The monoisotopic (exact) mass is 1110 g/mol. The van der Waals surface area contributed by atoms with E-state index in [1.165, 1.54) is 37.8 Å². The van der Waals surface area contributed by atoms with Crippen molar-refractivity contribution in [2.45, 2.75) is 115 Å². The molecule has 3 aliphatic heterocycles. The molecule has 23 heteroatoms. The first kappa shape index (κ1) is 55.5. The molecule has 3 amide bonds. The number of rotatable bonds is 13. The quantitative estimate of drug-likeness (QED) is 0.0575.